The topological polar surface area (TPSA) is 95.7 Å². The predicted octanol–water partition coefficient (Wildman–Crippen LogP) is 5.93. The molecule has 1 N–H and O–H groups in total. The molecular formula is C25H20ClF3N4O4S. The van der Waals surface area contributed by atoms with Crippen molar-refractivity contribution < 1.29 is 32.7 Å². The predicted molar refractivity (Wildman–Crippen MR) is 136 cm³/mol. The molecule has 3 aromatic rings. The molecular weight excluding hydrogens is 545 g/mol. The average Bonchev–Trinajstić information content (AvgIpc) is 3.49. The number of carboxylic acid groups (broad SMARTS) is 1. The molecule has 2 atom stereocenters. The van der Waals surface area contributed by atoms with Crippen molar-refractivity contribution in [1.29, 1.82) is 0 Å². The van der Waals surface area contributed by atoms with Gasteiger partial charge in [-0.3, -0.25) is 19.2 Å². The molecule has 1 unspecified atom stereocenters. The van der Waals surface area contributed by atoms with Crippen LogP contribution in [-0.2, 0) is 17.5 Å². The molecule has 38 heavy (non-hydrogen) atoms. The van der Waals surface area contributed by atoms with Gasteiger partial charge in [-0.1, -0.05) is 23.7 Å². The number of fused-ring (bicyclic) bond motifs is 1. The summed E-state index contributed by atoms with van der Waals surface area (Å²) >= 11 is 6.56. The number of imide groups is 1. The van der Waals surface area contributed by atoms with Crippen LogP contribution < -0.4 is 0 Å². The number of carbonyl (C=O) groups is 3. The summed E-state index contributed by atoms with van der Waals surface area (Å²) in [5.74, 6) is -0.484. The lowest BCUT2D eigenvalue weighted by Crippen LogP contribution is -2.41. The van der Waals surface area contributed by atoms with Crippen LogP contribution in [0.2, 0.25) is 5.02 Å². The first kappa shape index (κ1) is 26.1. The van der Waals surface area contributed by atoms with Gasteiger partial charge in [-0.05, 0) is 66.6 Å². The van der Waals surface area contributed by atoms with Crippen LogP contribution >= 0.6 is 23.4 Å². The summed E-state index contributed by atoms with van der Waals surface area (Å²) < 4.78 is 41.9. The highest BCUT2D eigenvalue weighted by molar-refractivity contribution is 8.18. The second-order valence-corrected chi connectivity index (χ2v) is 10.6. The molecule has 3 amide bonds. The zero-order valence-electron chi connectivity index (χ0n) is 19.8. The van der Waals surface area contributed by atoms with E-state index in [-0.39, 0.29) is 34.6 Å². The summed E-state index contributed by atoms with van der Waals surface area (Å²) in [4.78, 5) is 39.6. The minimum Gasteiger partial charge on any atom is -0.465 e. The van der Waals surface area contributed by atoms with Crippen LogP contribution in [-0.4, -0.2) is 60.6 Å². The number of thioether (sulfide) groups is 1. The van der Waals surface area contributed by atoms with Crippen molar-refractivity contribution in [3.63, 3.8) is 0 Å². The monoisotopic (exact) mass is 564 g/mol. The Balaban J connectivity index is 1.37. The van der Waals surface area contributed by atoms with Crippen LogP contribution in [0, 0.1) is 0 Å². The van der Waals surface area contributed by atoms with Crippen LogP contribution in [0.15, 0.2) is 47.5 Å². The summed E-state index contributed by atoms with van der Waals surface area (Å²) in [5.41, 5.74) is 0.389. The maximum absolute atomic E-state index is 13.5. The maximum atomic E-state index is 13.5. The molecule has 1 aromatic heterocycles. The van der Waals surface area contributed by atoms with Gasteiger partial charge in [-0.15, -0.1) is 0 Å². The molecule has 2 aliphatic heterocycles. The highest BCUT2D eigenvalue weighted by Crippen LogP contribution is 2.37. The van der Waals surface area contributed by atoms with E-state index in [0.717, 1.165) is 22.7 Å². The van der Waals surface area contributed by atoms with E-state index in [1.807, 2.05) is 0 Å². The van der Waals surface area contributed by atoms with Gasteiger partial charge in [0, 0.05) is 23.0 Å². The number of aromatic nitrogens is 2. The fourth-order valence-corrected chi connectivity index (χ4v) is 5.91. The van der Waals surface area contributed by atoms with Gasteiger partial charge in [-0.2, -0.15) is 18.3 Å². The lowest BCUT2D eigenvalue weighted by molar-refractivity contribution is -0.138. The lowest BCUT2D eigenvalue weighted by Gasteiger charge is -2.20. The number of nitrogens with zero attached hydrogens (tertiary/aromatic N) is 4. The van der Waals surface area contributed by atoms with Crippen molar-refractivity contribution in [2.75, 3.05) is 6.54 Å². The van der Waals surface area contributed by atoms with Gasteiger partial charge < -0.3 is 10.0 Å². The first-order valence-corrected chi connectivity index (χ1v) is 12.7. The van der Waals surface area contributed by atoms with Crippen molar-refractivity contribution in [1.82, 2.24) is 19.6 Å². The van der Waals surface area contributed by atoms with E-state index in [0.29, 0.717) is 22.9 Å². The largest absolute Gasteiger partial charge is 0.465 e. The van der Waals surface area contributed by atoms with Crippen LogP contribution in [0.25, 0.3) is 17.0 Å². The number of amides is 3. The number of rotatable bonds is 4. The minimum absolute atomic E-state index is 0.0119. The van der Waals surface area contributed by atoms with Crippen molar-refractivity contribution >= 4 is 57.6 Å². The Morgan fingerprint density at radius 1 is 1.24 bits per heavy atom. The fourth-order valence-electron chi connectivity index (χ4n) is 4.84. The number of carbonyl (C=O) groups excluding carboxylic acids is 2. The number of hydrogen-bond donors (Lipinski definition) is 1. The molecule has 5 rings (SSSR count). The lowest BCUT2D eigenvalue weighted by atomic mass is 10.1. The Bertz CT molecular complexity index is 1510. The summed E-state index contributed by atoms with van der Waals surface area (Å²) in [5, 5.41) is 13.7. The standard InChI is InChI=1S/C25H20ClF3N4O4S/c1-13-6-18(12-31(13)23(35)36)33-22(34)21(38-24(33)37)8-14-2-5-20-16(7-14)10-30-32(20)11-15-3-4-17(26)9-19(15)25(27,28)29/h2-5,7-10,13,18H,6,11-12H2,1H3,(H,35,36)/t13?,18-/m1/s1. The third kappa shape index (κ3) is 4.85. The van der Waals surface area contributed by atoms with Crippen LogP contribution in [0.3, 0.4) is 0 Å². The molecule has 2 aliphatic rings. The van der Waals surface area contributed by atoms with Gasteiger partial charge in [0.1, 0.15) is 0 Å². The molecule has 3 heterocycles. The normalized spacial score (nSPS) is 21.3. The molecule has 0 saturated carbocycles. The van der Waals surface area contributed by atoms with Crippen LogP contribution in [0.5, 0.6) is 0 Å². The summed E-state index contributed by atoms with van der Waals surface area (Å²) in [6, 6.07) is 7.86. The molecule has 13 heteroatoms. The fraction of sp³-hybridized carbons (Fsp3) is 0.280. The summed E-state index contributed by atoms with van der Waals surface area (Å²) in [6.07, 6.45) is -2.21. The molecule has 2 saturated heterocycles. The Kier molecular flexibility index (Phi) is 6.64. The molecule has 2 aromatic carbocycles. The Hall–Kier alpha value is -3.51. The molecule has 0 spiro atoms. The van der Waals surface area contributed by atoms with E-state index < -0.39 is 35.0 Å². The molecule has 0 aliphatic carbocycles. The first-order chi connectivity index (χ1) is 17.9. The Morgan fingerprint density at radius 3 is 2.68 bits per heavy atom. The van der Waals surface area contributed by atoms with E-state index in [1.165, 1.54) is 27.9 Å². The van der Waals surface area contributed by atoms with Gasteiger partial charge in [0.2, 0.25) is 0 Å². The molecule has 198 valence electrons. The number of halogens is 4. The van der Waals surface area contributed by atoms with Crippen LogP contribution in [0.4, 0.5) is 22.8 Å². The third-order valence-corrected chi connectivity index (χ3v) is 7.77. The van der Waals surface area contributed by atoms with Gasteiger partial charge in [-0.25, -0.2) is 4.79 Å². The molecule has 8 nitrogen and oxygen atoms in total. The number of hydrogen-bond acceptors (Lipinski definition) is 5. The van der Waals surface area contributed by atoms with Gasteiger partial charge in [0.15, 0.2) is 0 Å². The van der Waals surface area contributed by atoms with E-state index in [2.05, 4.69) is 5.10 Å². The summed E-state index contributed by atoms with van der Waals surface area (Å²) in [7, 11) is 0. The third-order valence-electron chi connectivity index (χ3n) is 6.65. The van der Waals surface area contributed by atoms with Crippen molar-refractivity contribution in [3.05, 3.63) is 69.2 Å². The number of benzene rings is 2. The first-order valence-electron chi connectivity index (χ1n) is 11.5. The average molecular weight is 565 g/mol. The SMILES string of the molecule is CC1C[C@@H](N2C(=O)SC(=Cc3ccc4c(cnn4Cc4ccc(Cl)cc4C(F)(F)F)c3)C2=O)CN1C(=O)O. The second kappa shape index (κ2) is 9.66. The van der Waals surface area contributed by atoms with E-state index in [4.69, 9.17) is 11.6 Å². The second-order valence-electron chi connectivity index (χ2n) is 9.14. The van der Waals surface area contributed by atoms with Gasteiger partial charge in [0.25, 0.3) is 11.1 Å². The van der Waals surface area contributed by atoms with Gasteiger partial charge in [0.05, 0.1) is 34.8 Å². The van der Waals surface area contributed by atoms with Crippen LogP contribution in [0.1, 0.15) is 30.0 Å². The van der Waals surface area contributed by atoms with Gasteiger partial charge >= 0.3 is 12.3 Å². The molecule has 0 radical (unpaired) electrons. The number of likely N-dealkylation sites (tertiary alicyclic amines) is 1. The highest BCUT2D eigenvalue weighted by atomic mass is 35.5. The zero-order chi connectivity index (χ0) is 27.4. The quantitative estimate of drug-likeness (QED) is 0.394. The van der Waals surface area contributed by atoms with E-state index in [1.54, 1.807) is 31.2 Å². The van der Waals surface area contributed by atoms with Crippen molar-refractivity contribution in [2.24, 2.45) is 0 Å². The summed E-state index contributed by atoms with van der Waals surface area (Å²) in [6.45, 7) is 1.67. The van der Waals surface area contributed by atoms with E-state index >= 15 is 0 Å². The zero-order valence-corrected chi connectivity index (χ0v) is 21.3. The number of alkyl halides is 3. The molecule has 2 fully saturated rings. The van der Waals surface area contributed by atoms with Crippen molar-refractivity contribution in [2.45, 2.75) is 38.1 Å². The Morgan fingerprint density at radius 2 is 2.00 bits per heavy atom. The molecule has 0 bridgehead atoms. The minimum atomic E-state index is -4.57. The highest BCUT2D eigenvalue weighted by Gasteiger charge is 2.45. The van der Waals surface area contributed by atoms with Crippen molar-refractivity contribution in [3.8, 4) is 0 Å². The van der Waals surface area contributed by atoms with E-state index in [9.17, 15) is 32.7 Å². The smallest absolute Gasteiger partial charge is 0.416 e. The maximum Gasteiger partial charge on any atom is 0.416 e. The Labute approximate surface area is 223 Å².